The minimum Gasteiger partial charge on any atom is -0.369 e. The van der Waals surface area contributed by atoms with Crippen LogP contribution in [0.1, 0.15) is 32.6 Å². The highest BCUT2D eigenvalue weighted by molar-refractivity contribution is 5.99. The first kappa shape index (κ1) is 24.5. The number of halogens is 1. The summed E-state index contributed by atoms with van der Waals surface area (Å²) in [6.07, 6.45) is 3.88. The third-order valence-corrected chi connectivity index (χ3v) is 5.72. The van der Waals surface area contributed by atoms with Crippen molar-refractivity contribution in [3.63, 3.8) is 0 Å². The molecule has 0 unspecified atom stereocenters. The van der Waals surface area contributed by atoms with Gasteiger partial charge in [-0.05, 0) is 59.5 Å². The van der Waals surface area contributed by atoms with Gasteiger partial charge in [-0.3, -0.25) is 9.78 Å². The van der Waals surface area contributed by atoms with Crippen molar-refractivity contribution >= 4 is 11.7 Å². The predicted octanol–water partition coefficient (Wildman–Crippen LogP) is 4.20. The molecule has 0 aliphatic rings. The van der Waals surface area contributed by atoms with Gasteiger partial charge in [0.15, 0.2) is 0 Å². The van der Waals surface area contributed by atoms with Crippen LogP contribution in [0.4, 0.5) is 10.2 Å². The van der Waals surface area contributed by atoms with Crippen molar-refractivity contribution in [2.75, 3.05) is 11.9 Å². The van der Waals surface area contributed by atoms with Gasteiger partial charge >= 0.3 is 0 Å². The van der Waals surface area contributed by atoms with Crippen LogP contribution in [0.25, 0.3) is 11.3 Å². The lowest BCUT2D eigenvalue weighted by Crippen LogP contribution is -2.25. The number of nitriles is 1. The number of nitrogens with one attached hydrogen (secondary N) is 2. The standard InChI is InChI=1S/C28H25FN6O/c29-23-6-3-4-19(14-23)10-13-33-27-25(28(36)34-18-21-11-12-32-17-22(21)16-31)8-9-26(35-27)24-7-2-1-5-20(24)15-30/h1-9,11-12,14,17H,10,13,16,18,31H2,(H,33,35)(H,34,36). The lowest BCUT2D eigenvalue weighted by atomic mass is 10.0. The predicted molar refractivity (Wildman–Crippen MR) is 136 cm³/mol. The molecule has 180 valence electrons. The SMILES string of the molecule is N#Cc1ccccc1-c1ccc(C(=O)NCc2ccncc2CN)c(NCCc2cccc(F)c2)n1. The summed E-state index contributed by atoms with van der Waals surface area (Å²) in [7, 11) is 0. The lowest BCUT2D eigenvalue weighted by Gasteiger charge is -2.14. The smallest absolute Gasteiger partial charge is 0.255 e. The van der Waals surface area contributed by atoms with E-state index in [0.29, 0.717) is 47.7 Å². The molecule has 4 aromatic rings. The fourth-order valence-corrected chi connectivity index (χ4v) is 3.83. The van der Waals surface area contributed by atoms with Gasteiger partial charge in [0.25, 0.3) is 5.91 Å². The van der Waals surface area contributed by atoms with Crippen LogP contribution in [0.3, 0.4) is 0 Å². The van der Waals surface area contributed by atoms with E-state index in [2.05, 4.69) is 26.7 Å². The van der Waals surface area contributed by atoms with Gasteiger partial charge in [0.1, 0.15) is 11.6 Å². The average Bonchev–Trinajstić information content (AvgIpc) is 2.92. The zero-order chi connectivity index (χ0) is 25.3. The van der Waals surface area contributed by atoms with Gasteiger partial charge in [-0.15, -0.1) is 0 Å². The molecule has 0 atom stereocenters. The van der Waals surface area contributed by atoms with E-state index in [-0.39, 0.29) is 18.3 Å². The maximum absolute atomic E-state index is 13.6. The van der Waals surface area contributed by atoms with Crippen LogP contribution in [0.5, 0.6) is 0 Å². The molecule has 0 aliphatic heterocycles. The van der Waals surface area contributed by atoms with Crippen LogP contribution in [-0.4, -0.2) is 22.4 Å². The van der Waals surface area contributed by atoms with Gasteiger partial charge in [-0.1, -0.05) is 30.3 Å². The van der Waals surface area contributed by atoms with Crippen LogP contribution in [-0.2, 0) is 19.5 Å². The van der Waals surface area contributed by atoms with Crippen molar-refractivity contribution in [2.45, 2.75) is 19.5 Å². The highest BCUT2D eigenvalue weighted by Gasteiger charge is 2.16. The summed E-state index contributed by atoms with van der Waals surface area (Å²) < 4.78 is 13.6. The number of aromatic nitrogens is 2. The second kappa shape index (κ2) is 11.7. The molecule has 36 heavy (non-hydrogen) atoms. The van der Waals surface area contributed by atoms with Gasteiger partial charge in [0, 0.05) is 37.6 Å². The first-order valence-corrected chi connectivity index (χ1v) is 11.5. The molecule has 0 spiro atoms. The Hall–Kier alpha value is -4.61. The quantitative estimate of drug-likeness (QED) is 0.331. The molecular weight excluding hydrogens is 455 g/mol. The fraction of sp³-hybridized carbons (Fsp3) is 0.143. The van der Waals surface area contributed by atoms with E-state index < -0.39 is 0 Å². The zero-order valence-corrected chi connectivity index (χ0v) is 19.5. The van der Waals surface area contributed by atoms with Gasteiger partial charge < -0.3 is 16.4 Å². The normalized spacial score (nSPS) is 10.5. The molecule has 8 heteroatoms. The van der Waals surface area contributed by atoms with E-state index in [4.69, 9.17) is 5.73 Å². The first-order valence-electron chi connectivity index (χ1n) is 11.5. The molecule has 2 aromatic carbocycles. The molecule has 2 heterocycles. The highest BCUT2D eigenvalue weighted by Crippen LogP contribution is 2.25. The van der Waals surface area contributed by atoms with Crippen molar-refractivity contribution in [3.8, 4) is 17.3 Å². The van der Waals surface area contributed by atoms with E-state index in [1.54, 1.807) is 42.7 Å². The molecule has 0 bridgehead atoms. The Bertz CT molecular complexity index is 1420. The number of anilines is 1. The number of benzene rings is 2. The number of pyridine rings is 2. The van der Waals surface area contributed by atoms with E-state index in [1.165, 1.54) is 12.1 Å². The van der Waals surface area contributed by atoms with Gasteiger partial charge in [-0.2, -0.15) is 5.26 Å². The number of carbonyl (C=O) groups excluding carboxylic acids is 1. The van der Waals surface area contributed by atoms with E-state index in [9.17, 15) is 14.4 Å². The van der Waals surface area contributed by atoms with E-state index in [0.717, 1.165) is 16.7 Å². The third-order valence-electron chi connectivity index (χ3n) is 5.72. The number of nitrogens with two attached hydrogens (primary N) is 1. The Balaban J connectivity index is 1.59. The van der Waals surface area contributed by atoms with Gasteiger partial charge in [0.05, 0.1) is 22.9 Å². The van der Waals surface area contributed by atoms with Crippen LogP contribution in [0.15, 0.2) is 79.1 Å². The van der Waals surface area contributed by atoms with Gasteiger partial charge in [0.2, 0.25) is 0 Å². The van der Waals surface area contributed by atoms with Crippen LogP contribution < -0.4 is 16.4 Å². The molecule has 0 radical (unpaired) electrons. The highest BCUT2D eigenvalue weighted by atomic mass is 19.1. The second-order valence-electron chi connectivity index (χ2n) is 8.09. The molecule has 1 amide bonds. The summed E-state index contributed by atoms with van der Waals surface area (Å²) in [6, 6.07) is 20.9. The van der Waals surface area contributed by atoms with Crippen molar-refractivity contribution < 1.29 is 9.18 Å². The largest absolute Gasteiger partial charge is 0.369 e. The maximum atomic E-state index is 13.6. The Morgan fingerprint density at radius 2 is 1.92 bits per heavy atom. The van der Waals surface area contributed by atoms with Crippen LogP contribution in [0.2, 0.25) is 0 Å². The number of nitrogens with zero attached hydrogens (tertiary/aromatic N) is 3. The molecule has 4 N–H and O–H groups in total. The zero-order valence-electron chi connectivity index (χ0n) is 19.5. The Labute approximate surface area is 208 Å². The minimum absolute atomic E-state index is 0.287. The average molecular weight is 481 g/mol. The number of carbonyl (C=O) groups is 1. The second-order valence-corrected chi connectivity index (χ2v) is 8.09. The van der Waals surface area contributed by atoms with E-state index >= 15 is 0 Å². The molecule has 4 rings (SSSR count). The summed E-state index contributed by atoms with van der Waals surface area (Å²) in [5.41, 5.74) is 10.4. The number of hydrogen-bond donors (Lipinski definition) is 3. The summed E-state index contributed by atoms with van der Waals surface area (Å²) in [6.45, 7) is 1.04. The monoisotopic (exact) mass is 480 g/mol. The van der Waals surface area contributed by atoms with Crippen molar-refractivity contribution in [2.24, 2.45) is 5.73 Å². The topological polar surface area (TPSA) is 117 Å². The summed E-state index contributed by atoms with van der Waals surface area (Å²) in [5.74, 6) is -0.229. The molecular formula is C28H25FN6O. The number of rotatable bonds is 9. The number of amides is 1. The Kier molecular flexibility index (Phi) is 7.96. The van der Waals surface area contributed by atoms with Crippen molar-refractivity contribution in [3.05, 3.63) is 113 Å². The maximum Gasteiger partial charge on any atom is 0.255 e. The van der Waals surface area contributed by atoms with Crippen molar-refractivity contribution in [1.82, 2.24) is 15.3 Å². The number of hydrogen-bond acceptors (Lipinski definition) is 6. The van der Waals surface area contributed by atoms with Gasteiger partial charge in [-0.25, -0.2) is 9.37 Å². The van der Waals surface area contributed by atoms with E-state index in [1.807, 2.05) is 24.3 Å². The molecule has 7 nitrogen and oxygen atoms in total. The molecule has 0 saturated heterocycles. The van der Waals surface area contributed by atoms with Crippen LogP contribution >= 0.6 is 0 Å². The third kappa shape index (κ3) is 5.90. The Morgan fingerprint density at radius 1 is 1.06 bits per heavy atom. The fourth-order valence-electron chi connectivity index (χ4n) is 3.83. The Morgan fingerprint density at radius 3 is 2.72 bits per heavy atom. The summed E-state index contributed by atoms with van der Waals surface area (Å²) in [5, 5.41) is 15.6. The summed E-state index contributed by atoms with van der Waals surface area (Å²) in [4.78, 5) is 21.9. The van der Waals surface area contributed by atoms with Crippen LogP contribution in [0, 0.1) is 17.1 Å². The minimum atomic E-state index is -0.310. The molecule has 2 aromatic heterocycles. The summed E-state index contributed by atoms with van der Waals surface area (Å²) >= 11 is 0. The van der Waals surface area contributed by atoms with Crippen molar-refractivity contribution in [1.29, 1.82) is 5.26 Å². The first-order chi connectivity index (χ1) is 17.6. The molecule has 0 aliphatic carbocycles. The molecule has 0 saturated carbocycles. The molecule has 0 fully saturated rings. The lowest BCUT2D eigenvalue weighted by molar-refractivity contribution is 0.0951.